The second-order valence-electron chi connectivity index (χ2n) is 4.87. The van der Waals surface area contributed by atoms with Crippen LogP contribution >= 0.6 is 0 Å². The lowest BCUT2D eigenvalue weighted by Gasteiger charge is -2.24. The monoisotopic (exact) mass is 244 g/mol. The number of aliphatic hydroxyl groups excluding tert-OH is 1. The molecule has 2 unspecified atom stereocenters. The van der Waals surface area contributed by atoms with Gasteiger partial charge in [-0.05, 0) is 6.42 Å². The molecule has 98 valence electrons. The Kier molecular flexibility index (Phi) is 3.98. The second kappa shape index (κ2) is 5.30. The highest BCUT2D eigenvalue weighted by molar-refractivity contribution is 5.79. The summed E-state index contributed by atoms with van der Waals surface area (Å²) >= 11 is 0. The lowest BCUT2D eigenvalue weighted by Crippen LogP contribution is -2.43. The predicted molar refractivity (Wildman–Crippen MR) is 60.4 cm³/mol. The molecule has 6 heteroatoms. The van der Waals surface area contributed by atoms with Gasteiger partial charge in [0.1, 0.15) is 5.60 Å². The van der Waals surface area contributed by atoms with Crippen molar-refractivity contribution >= 4 is 5.91 Å². The Bertz CT molecular complexity index is 279. The molecule has 3 N–H and O–H groups in total. The molecule has 1 amide bonds. The third-order valence-electron chi connectivity index (χ3n) is 3.42. The normalized spacial score (nSPS) is 34.7. The Morgan fingerprint density at radius 3 is 3.12 bits per heavy atom. The maximum absolute atomic E-state index is 12.2. The Labute approximate surface area is 101 Å². The minimum Gasteiger partial charge on any atom is -0.393 e. The molecule has 2 fully saturated rings. The summed E-state index contributed by atoms with van der Waals surface area (Å²) in [5.41, 5.74) is -1.12. The standard InChI is InChI=1S/C11H20N2O4/c14-8-11(16)1-3-13(7-11)10(15)9-5-12-2-4-17-6-9/h9,12,14,16H,1-8H2. The van der Waals surface area contributed by atoms with Gasteiger partial charge in [0.15, 0.2) is 0 Å². The molecular weight excluding hydrogens is 224 g/mol. The number of hydrogen-bond donors (Lipinski definition) is 3. The van der Waals surface area contributed by atoms with E-state index in [1.54, 1.807) is 4.90 Å². The van der Waals surface area contributed by atoms with Gasteiger partial charge in [-0.15, -0.1) is 0 Å². The first kappa shape index (κ1) is 12.8. The minimum atomic E-state index is -1.12. The molecule has 17 heavy (non-hydrogen) atoms. The van der Waals surface area contributed by atoms with Crippen LogP contribution in [0.25, 0.3) is 0 Å². The molecule has 2 aliphatic rings. The number of carbonyl (C=O) groups excluding carboxylic acids is 1. The van der Waals surface area contributed by atoms with Crippen molar-refractivity contribution in [2.75, 3.05) is 46.0 Å². The van der Waals surface area contributed by atoms with E-state index in [2.05, 4.69) is 5.32 Å². The molecule has 2 aliphatic heterocycles. The smallest absolute Gasteiger partial charge is 0.229 e. The molecule has 0 spiro atoms. The lowest BCUT2D eigenvalue weighted by atomic mass is 10.1. The summed E-state index contributed by atoms with van der Waals surface area (Å²) in [5, 5.41) is 22.1. The van der Waals surface area contributed by atoms with Gasteiger partial charge in [0.05, 0.1) is 32.3 Å². The number of likely N-dealkylation sites (tertiary alicyclic amines) is 1. The van der Waals surface area contributed by atoms with Crippen LogP contribution in [0.5, 0.6) is 0 Å². The first-order valence-electron chi connectivity index (χ1n) is 6.05. The van der Waals surface area contributed by atoms with Gasteiger partial charge in [-0.3, -0.25) is 4.79 Å². The minimum absolute atomic E-state index is 0.00350. The van der Waals surface area contributed by atoms with Crippen molar-refractivity contribution in [3.8, 4) is 0 Å². The van der Waals surface area contributed by atoms with E-state index in [-0.39, 0.29) is 25.0 Å². The number of rotatable bonds is 2. The van der Waals surface area contributed by atoms with Crippen molar-refractivity contribution in [3.05, 3.63) is 0 Å². The highest BCUT2D eigenvalue weighted by Crippen LogP contribution is 2.22. The summed E-state index contributed by atoms with van der Waals surface area (Å²) in [6.45, 7) is 2.88. The summed E-state index contributed by atoms with van der Waals surface area (Å²) in [4.78, 5) is 13.8. The summed E-state index contributed by atoms with van der Waals surface area (Å²) in [5.74, 6) is -0.178. The first-order chi connectivity index (χ1) is 8.14. The van der Waals surface area contributed by atoms with E-state index in [0.29, 0.717) is 32.7 Å². The maximum Gasteiger partial charge on any atom is 0.229 e. The third-order valence-corrected chi connectivity index (χ3v) is 3.42. The summed E-state index contributed by atoms with van der Waals surface area (Å²) in [6.07, 6.45) is 0.441. The van der Waals surface area contributed by atoms with Gasteiger partial charge in [0.2, 0.25) is 5.91 Å². The van der Waals surface area contributed by atoms with Gasteiger partial charge < -0.3 is 25.2 Å². The molecule has 0 saturated carbocycles. The number of amides is 1. The number of nitrogens with one attached hydrogen (secondary N) is 1. The molecular formula is C11H20N2O4. The summed E-state index contributed by atoms with van der Waals surface area (Å²) in [7, 11) is 0. The molecule has 0 bridgehead atoms. The Morgan fingerprint density at radius 1 is 1.59 bits per heavy atom. The topological polar surface area (TPSA) is 82.0 Å². The summed E-state index contributed by atoms with van der Waals surface area (Å²) in [6, 6.07) is 0. The van der Waals surface area contributed by atoms with E-state index in [4.69, 9.17) is 9.84 Å². The van der Waals surface area contributed by atoms with Crippen molar-refractivity contribution in [2.45, 2.75) is 12.0 Å². The number of β-amino-alcohol motifs (C(OH)–C–C–N with tert-alkyl or cyclic N) is 1. The van der Waals surface area contributed by atoms with Crippen molar-refractivity contribution in [2.24, 2.45) is 5.92 Å². The van der Waals surface area contributed by atoms with Crippen LogP contribution in [0.3, 0.4) is 0 Å². The molecule has 2 heterocycles. The molecule has 0 aliphatic carbocycles. The SMILES string of the molecule is O=C(C1CNCCOC1)N1CCC(O)(CO)C1. The fourth-order valence-electron chi connectivity index (χ4n) is 2.30. The highest BCUT2D eigenvalue weighted by Gasteiger charge is 2.39. The Balaban J connectivity index is 1.91. The largest absolute Gasteiger partial charge is 0.393 e. The Hall–Kier alpha value is -0.690. The van der Waals surface area contributed by atoms with Gasteiger partial charge in [0.25, 0.3) is 0 Å². The van der Waals surface area contributed by atoms with Gasteiger partial charge in [-0.1, -0.05) is 0 Å². The van der Waals surface area contributed by atoms with Crippen LogP contribution in [0.2, 0.25) is 0 Å². The van der Waals surface area contributed by atoms with Crippen molar-refractivity contribution in [1.29, 1.82) is 0 Å². The van der Waals surface area contributed by atoms with Gasteiger partial charge in [-0.2, -0.15) is 0 Å². The fraction of sp³-hybridized carbons (Fsp3) is 0.909. The number of carbonyl (C=O) groups is 1. The zero-order chi connectivity index (χ0) is 12.3. The molecule has 2 atom stereocenters. The average molecular weight is 244 g/mol. The number of ether oxygens (including phenoxy) is 1. The maximum atomic E-state index is 12.2. The van der Waals surface area contributed by atoms with E-state index in [1.807, 2.05) is 0 Å². The van der Waals surface area contributed by atoms with Gasteiger partial charge in [-0.25, -0.2) is 0 Å². The zero-order valence-electron chi connectivity index (χ0n) is 9.89. The Morgan fingerprint density at radius 2 is 2.41 bits per heavy atom. The van der Waals surface area contributed by atoms with Crippen molar-refractivity contribution < 1.29 is 19.7 Å². The fourth-order valence-corrected chi connectivity index (χ4v) is 2.30. The van der Waals surface area contributed by atoms with E-state index >= 15 is 0 Å². The highest BCUT2D eigenvalue weighted by atomic mass is 16.5. The lowest BCUT2D eigenvalue weighted by molar-refractivity contribution is -0.137. The molecule has 6 nitrogen and oxygen atoms in total. The molecule has 2 rings (SSSR count). The number of aliphatic hydroxyl groups is 2. The third kappa shape index (κ3) is 2.95. The van der Waals surface area contributed by atoms with Crippen LogP contribution < -0.4 is 5.32 Å². The quantitative estimate of drug-likeness (QED) is 0.533. The van der Waals surface area contributed by atoms with Crippen LogP contribution in [0.15, 0.2) is 0 Å². The number of nitrogens with zero attached hydrogens (tertiary/aromatic N) is 1. The van der Waals surface area contributed by atoms with Crippen molar-refractivity contribution in [1.82, 2.24) is 10.2 Å². The first-order valence-corrected chi connectivity index (χ1v) is 6.05. The van der Waals surface area contributed by atoms with Crippen LogP contribution in [0, 0.1) is 5.92 Å². The van der Waals surface area contributed by atoms with Crippen LogP contribution in [0.4, 0.5) is 0 Å². The van der Waals surface area contributed by atoms with E-state index in [0.717, 1.165) is 6.54 Å². The van der Waals surface area contributed by atoms with Gasteiger partial charge >= 0.3 is 0 Å². The van der Waals surface area contributed by atoms with E-state index in [9.17, 15) is 9.90 Å². The average Bonchev–Trinajstić information content (AvgIpc) is 2.56. The van der Waals surface area contributed by atoms with Crippen LogP contribution in [-0.2, 0) is 9.53 Å². The van der Waals surface area contributed by atoms with Crippen LogP contribution in [-0.4, -0.2) is 72.6 Å². The van der Waals surface area contributed by atoms with Crippen molar-refractivity contribution in [3.63, 3.8) is 0 Å². The molecule has 0 radical (unpaired) electrons. The second-order valence-corrected chi connectivity index (χ2v) is 4.87. The molecule has 2 saturated heterocycles. The number of hydrogen-bond acceptors (Lipinski definition) is 5. The molecule has 0 aromatic heterocycles. The van der Waals surface area contributed by atoms with E-state index < -0.39 is 5.60 Å². The zero-order valence-corrected chi connectivity index (χ0v) is 9.89. The van der Waals surface area contributed by atoms with Gasteiger partial charge in [0, 0.05) is 19.6 Å². The summed E-state index contributed by atoms with van der Waals surface area (Å²) < 4.78 is 5.34. The van der Waals surface area contributed by atoms with Crippen LogP contribution in [0.1, 0.15) is 6.42 Å². The van der Waals surface area contributed by atoms with E-state index in [1.165, 1.54) is 0 Å². The predicted octanol–water partition coefficient (Wildman–Crippen LogP) is -1.82. The molecule has 0 aromatic rings. The molecule has 0 aromatic carbocycles.